The fourth-order valence-electron chi connectivity index (χ4n) is 0. The quantitative estimate of drug-likeness (QED) is 0.509. The molecule has 0 amide bonds. The van der Waals surface area contributed by atoms with Gasteiger partial charge in [-0.2, -0.15) is 0 Å². The Bertz CT molecular complexity index is 19.1. The molecule has 0 N–H and O–H groups in total. The molecular weight excluding hydrogens is 176 g/mol. The van der Waals surface area contributed by atoms with Crippen molar-refractivity contribution in [1.82, 2.24) is 0 Å². The Balaban J connectivity index is 3.02. The van der Waals surface area contributed by atoms with E-state index in [-0.39, 0.29) is 0 Å². The van der Waals surface area contributed by atoms with Gasteiger partial charge in [0.15, 0.2) is 0 Å². The minimum atomic E-state index is -1.02. The van der Waals surface area contributed by atoms with Crippen LogP contribution in [0.25, 0.3) is 0 Å². The zero-order valence-corrected chi connectivity index (χ0v) is 6.74. The third kappa shape index (κ3) is 59.8. The summed E-state index contributed by atoms with van der Waals surface area (Å²) in [6.45, 7) is 0. The summed E-state index contributed by atoms with van der Waals surface area (Å²) >= 11 is -1.02. The van der Waals surface area contributed by atoms with E-state index in [0.717, 1.165) is 0 Å². The first-order valence-electron chi connectivity index (χ1n) is 1.63. The predicted octanol–water partition coefficient (Wildman–Crippen LogP) is 1.95. The normalized spacial score (nSPS) is 15.2. The zero-order chi connectivity index (χ0) is 4.50. The van der Waals surface area contributed by atoms with Gasteiger partial charge in [0, 0.05) is 0 Å². The van der Waals surface area contributed by atoms with Gasteiger partial charge in [0.2, 0.25) is 0 Å². The maximum atomic E-state index is 2.38. The van der Waals surface area contributed by atoms with Gasteiger partial charge in [-0.15, -0.1) is 0 Å². The van der Waals surface area contributed by atoms with Gasteiger partial charge < -0.3 is 0 Å². The average molecular weight is 188 g/mol. The van der Waals surface area contributed by atoms with E-state index in [1.807, 2.05) is 0 Å². The van der Waals surface area contributed by atoms with E-state index in [0.29, 0.717) is 0 Å². The van der Waals surface area contributed by atoms with E-state index < -0.39 is 18.2 Å². The van der Waals surface area contributed by atoms with Crippen molar-refractivity contribution < 1.29 is 0 Å². The molecule has 0 aromatic heterocycles. The summed E-state index contributed by atoms with van der Waals surface area (Å²) in [6, 6.07) is 0. The van der Waals surface area contributed by atoms with Crippen molar-refractivity contribution in [2.24, 2.45) is 0 Å². The van der Waals surface area contributed by atoms with Gasteiger partial charge in [-0.3, -0.25) is 0 Å². The molecule has 0 aliphatic rings. The molecule has 0 aromatic rings. The second-order valence-electron chi connectivity index (χ2n) is 2.45. The summed E-state index contributed by atoms with van der Waals surface area (Å²) in [5.74, 6) is 0. The summed E-state index contributed by atoms with van der Waals surface area (Å²) in [5.41, 5.74) is 0. The Hall–Kier alpha value is 0.790. The molecule has 0 aliphatic heterocycles. The maximum absolute atomic E-state index is 2.38. The first-order valence-corrected chi connectivity index (χ1v) is 11.0. The average Bonchev–Trinajstić information content (AvgIpc) is 0.722. The van der Waals surface area contributed by atoms with E-state index in [4.69, 9.17) is 0 Å². The van der Waals surface area contributed by atoms with Crippen LogP contribution in [0.15, 0.2) is 0 Å². The molecule has 0 radical (unpaired) electrons. The van der Waals surface area contributed by atoms with Gasteiger partial charge in [-0.05, 0) is 0 Å². The molecule has 34 valence electrons. The summed E-state index contributed by atoms with van der Waals surface area (Å²) in [6.07, 6.45) is 0. The zero-order valence-electron chi connectivity index (χ0n) is 4.41. The number of hydrogen-bond donors (Lipinski definition) is 0. The molecule has 0 atom stereocenters. The summed E-state index contributed by atoms with van der Waals surface area (Å²) in [5, 5.41) is 0. The van der Waals surface area contributed by atoms with E-state index in [2.05, 4.69) is 19.9 Å². The van der Waals surface area contributed by atoms with Crippen LogP contribution in [0.4, 0.5) is 0 Å². The number of rotatable bonds is 0. The summed E-state index contributed by atoms with van der Waals surface area (Å²) in [7, 11) is 0. The molecule has 0 aromatic carbocycles. The van der Waals surface area contributed by atoms with Crippen LogP contribution >= 0.6 is 0 Å². The van der Waals surface area contributed by atoms with Crippen LogP contribution in [0, 0.1) is 0 Å². The third-order valence-electron chi connectivity index (χ3n) is 0. The van der Waals surface area contributed by atoms with E-state index in [1.165, 1.54) is 0 Å². The van der Waals surface area contributed by atoms with Crippen molar-refractivity contribution in [3.05, 3.63) is 0 Å². The van der Waals surface area contributed by atoms with Gasteiger partial charge in [-0.1, -0.05) is 0 Å². The van der Waals surface area contributed by atoms with Crippen LogP contribution in [0.2, 0.25) is 19.9 Å². The van der Waals surface area contributed by atoms with Gasteiger partial charge in [0.05, 0.1) is 0 Å². The van der Waals surface area contributed by atoms with Gasteiger partial charge in [0.25, 0.3) is 0 Å². The van der Waals surface area contributed by atoms with Gasteiger partial charge in [-0.25, -0.2) is 0 Å². The Morgan fingerprint density at radius 3 is 0.800 bits per heavy atom. The molecule has 0 saturated carbocycles. The summed E-state index contributed by atoms with van der Waals surface area (Å²) in [4.78, 5) is 9.51. The molecule has 1 heteroatoms. The molecule has 5 heavy (non-hydrogen) atoms. The molecule has 0 bridgehead atoms. The first-order chi connectivity index (χ1) is 2.00. The molecule has 0 heterocycles. The van der Waals surface area contributed by atoms with Gasteiger partial charge >= 0.3 is 38.1 Å². The molecular formula is C4H12Te. The van der Waals surface area contributed by atoms with Crippen LogP contribution in [-0.4, -0.2) is 18.2 Å². The predicted molar refractivity (Wildman–Crippen MR) is 29.2 cm³/mol. The topological polar surface area (TPSA) is 0 Å². The third-order valence-corrected chi connectivity index (χ3v) is 0. The van der Waals surface area contributed by atoms with Crippen molar-refractivity contribution in [2.45, 2.75) is 19.9 Å². The second-order valence-corrected chi connectivity index (χ2v) is 16.4. The molecule has 0 fully saturated rings. The Labute approximate surface area is 38.4 Å². The second kappa shape index (κ2) is 1.49. The van der Waals surface area contributed by atoms with Crippen LogP contribution in [-0.2, 0) is 0 Å². The molecule has 0 saturated heterocycles. The van der Waals surface area contributed by atoms with Crippen LogP contribution in [0.5, 0.6) is 0 Å². The van der Waals surface area contributed by atoms with Crippen LogP contribution in [0.1, 0.15) is 0 Å². The van der Waals surface area contributed by atoms with Crippen molar-refractivity contribution in [3.8, 4) is 0 Å². The first kappa shape index (κ1) is 5.79. The molecule has 0 aliphatic carbocycles. The molecule has 0 unspecified atom stereocenters. The SMILES string of the molecule is C[Te](C)(C)C. The van der Waals surface area contributed by atoms with E-state index >= 15 is 0 Å². The Morgan fingerprint density at radius 1 is 0.800 bits per heavy atom. The molecule has 0 nitrogen and oxygen atoms in total. The Morgan fingerprint density at radius 2 is 0.800 bits per heavy atom. The minimum absolute atomic E-state index is 1.02. The fourth-order valence-corrected chi connectivity index (χ4v) is 0. The molecule has 0 rings (SSSR count). The fraction of sp³-hybridized carbons (Fsp3) is 1.00. The Kier molecular flexibility index (Phi) is 1.73. The standard InChI is InChI=1S/C4H12Te/c1-5(2,3)4/h1-4H3. The van der Waals surface area contributed by atoms with Gasteiger partial charge in [0.1, 0.15) is 0 Å². The van der Waals surface area contributed by atoms with E-state index in [9.17, 15) is 0 Å². The van der Waals surface area contributed by atoms with Crippen molar-refractivity contribution in [2.75, 3.05) is 0 Å². The van der Waals surface area contributed by atoms with Crippen LogP contribution in [0.3, 0.4) is 0 Å². The van der Waals surface area contributed by atoms with Crippen molar-refractivity contribution in [1.29, 1.82) is 0 Å². The van der Waals surface area contributed by atoms with Crippen molar-refractivity contribution >= 4 is 18.2 Å². The van der Waals surface area contributed by atoms with Crippen LogP contribution < -0.4 is 0 Å². The molecule has 0 spiro atoms. The summed E-state index contributed by atoms with van der Waals surface area (Å²) < 4.78 is 0. The van der Waals surface area contributed by atoms with Crippen molar-refractivity contribution in [3.63, 3.8) is 0 Å². The van der Waals surface area contributed by atoms with E-state index in [1.54, 1.807) is 0 Å². The number of hydrogen-bond acceptors (Lipinski definition) is 0. The monoisotopic (exact) mass is 190 g/mol.